The molecular weight excluding hydrogens is 250 g/mol. The smallest absolute Gasteiger partial charge is 0.255 e. The Hall–Kier alpha value is -2.03. The molecule has 1 fully saturated rings. The molecule has 1 amide bonds. The monoisotopic (exact) mass is 269 g/mol. The molecule has 1 aromatic heterocycles. The number of benzene rings is 1. The summed E-state index contributed by atoms with van der Waals surface area (Å²) in [5.74, 6) is 1.42. The second-order valence-corrected chi connectivity index (χ2v) is 5.58. The Bertz CT molecular complexity index is 624. The molecular formula is C17H19NO2. The third kappa shape index (κ3) is 2.13. The largest absolute Gasteiger partial charge is 0.466 e. The van der Waals surface area contributed by atoms with Gasteiger partial charge in [0, 0.05) is 0 Å². The fourth-order valence-electron chi connectivity index (χ4n) is 2.91. The number of hydrogen-bond acceptors (Lipinski definition) is 2. The molecule has 2 aromatic rings. The van der Waals surface area contributed by atoms with Crippen LogP contribution < -0.4 is 5.32 Å². The van der Waals surface area contributed by atoms with Gasteiger partial charge in [-0.25, -0.2) is 0 Å². The van der Waals surface area contributed by atoms with Gasteiger partial charge in [0.25, 0.3) is 5.91 Å². The van der Waals surface area contributed by atoms with Crippen LogP contribution in [-0.2, 0) is 5.54 Å². The van der Waals surface area contributed by atoms with E-state index < -0.39 is 0 Å². The van der Waals surface area contributed by atoms with Crippen LogP contribution in [0.4, 0.5) is 0 Å². The van der Waals surface area contributed by atoms with Crippen molar-refractivity contribution < 1.29 is 9.21 Å². The molecule has 0 unspecified atom stereocenters. The fourth-order valence-corrected chi connectivity index (χ4v) is 2.91. The molecule has 1 aliphatic carbocycles. The zero-order chi connectivity index (χ0) is 14.2. The number of nitrogens with one attached hydrogen (secondary N) is 1. The first-order chi connectivity index (χ1) is 9.61. The van der Waals surface area contributed by atoms with Gasteiger partial charge in [-0.1, -0.05) is 30.3 Å². The Kier molecular flexibility index (Phi) is 3.13. The molecule has 1 aromatic carbocycles. The van der Waals surface area contributed by atoms with Crippen molar-refractivity contribution in [2.24, 2.45) is 0 Å². The van der Waals surface area contributed by atoms with E-state index in [0.29, 0.717) is 11.3 Å². The van der Waals surface area contributed by atoms with Crippen LogP contribution in [0.1, 0.15) is 46.7 Å². The quantitative estimate of drug-likeness (QED) is 0.923. The van der Waals surface area contributed by atoms with Crippen LogP contribution in [0, 0.1) is 13.8 Å². The highest BCUT2D eigenvalue weighted by Crippen LogP contribution is 2.41. The van der Waals surface area contributed by atoms with Gasteiger partial charge in [0.2, 0.25) is 0 Å². The van der Waals surface area contributed by atoms with Gasteiger partial charge in [0.1, 0.15) is 11.5 Å². The second-order valence-electron chi connectivity index (χ2n) is 5.58. The average molecular weight is 269 g/mol. The minimum Gasteiger partial charge on any atom is -0.466 e. The predicted octanol–water partition coefficient (Wildman–Crippen LogP) is 3.71. The van der Waals surface area contributed by atoms with Crippen molar-refractivity contribution in [3.05, 3.63) is 59.0 Å². The molecule has 0 atom stereocenters. The summed E-state index contributed by atoms with van der Waals surface area (Å²) >= 11 is 0. The molecule has 1 N–H and O–H groups in total. The molecule has 0 spiro atoms. The van der Waals surface area contributed by atoms with Gasteiger partial charge in [-0.05, 0) is 44.7 Å². The summed E-state index contributed by atoms with van der Waals surface area (Å²) in [6, 6.07) is 12.0. The summed E-state index contributed by atoms with van der Waals surface area (Å²) in [4.78, 5) is 12.5. The molecule has 0 radical (unpaired) electrons. The van der Waals surface area contributed by atoms with Crippen LogP contribution in [0.5, 0.6) is 0 Å². The van der Waals surface area contributed by atoms with Crippen molar-refractivity contribution in [3.8, 4) is 0 Å². The lowest BCUT2D eigenvalue weighted by Gasteiger charge is -2.43. The first kappa shape index (κ1) is 13.0. The molecule has 1 saturated carbocycles. The summed E-state index contributed by atoms with van der Waals surface area (Å²) in [5, 5.41) is 3.22. The third-order valence-corrected chi connectivity index (χ3v) is 4.17. The summed E-state index contributed by atoms with van der Waals surface area (Å²) in [7, 11) is 0. The molecule has 3 rings (SSSR count). The summed E-state index contributed by atoms with van der Waals surface area (Å²) in [6.45, 7) is 3.69. The SMILES string of the molecule is Cc1cc(C(=O)NC2(c3ccccc3)CCC2)c(C)o1. The lowest BCUT2D eigenvalue weighted by atomic mass is 9.71. The highest BCUT2D eigenvalue weighted by molar-refractivity contribution is 5.96. The maximum atomic E-state index is 12.5. The minimum atomic E-state index is -0.198. The van der Waals surface area contributed by atoms with Gasteiger partial charge in [-0.3, -0.25) is 4.79 Å². The van der Waals surface area contributed by atoms with E-state index in [-0.39, 0.29) is 11.4 Å². The minimum absolute atomic E-state index is 0.0390. The maximum Gasteiger partial charge on any atom is 0.255 e. The van der Waals surface area contributed by atoms with E-state index in [1.165, 1.54) is 5.56 Å². The Labute approximate surface area is 119 Å². The average Bonchev–Trinajstić information content (AvgIpc) is 2.74. The van der Waals surface area contributed by atoms with Crippen molar-refractivity contribution in [1.29, 1.82) is 0 Å². The van der Waals surface area contributed by atoms with Gasteiger partial charge < -0.3 is 9.73 Å². The number of rotatable bonds is 3. The molecule has 3 nitrogen and oxygen atoms in total. The van der Waals surface area contributed by atoms with Crippen LogP contribution in [0.2, 0.25) is 0 Å². The van der Waals surface area contributed by atoms with Gasteiger partial charge >= 0.3 is 0 Å². The van der Waals surface area contributed by atoms with Crippen LogP contribution in [0.3, 0.4) is 0 Å². The molecule has 0 saturated heterocycles. The van der Waals surface area contributed by atoms with E-state index in [1.54, 1.807) is 0 Å². The molecule has 0 bridgehead atoms. The van der Waals surface area contributed by atoms with Crippen LogP contribution in [0.15, 0.2) is 40.8 Å². The van der Waals surface area contributed by atoms with E-state index in [2.05, 4.69) is 17.4 Å². The fraction of sp³-hybridized carbons (Fsp3) is 0.353. The Morgan fingerprint density at radius 1 is 1.20 bits per heavy atom. The van der Waals surface area contributed by atoms with E-state index in [4.69, 9.17) is 4.42 Å². The number of hydrogen-bond donors (Lipinski definition) is 1. The summed E-state index contributed by atoms with van der Waals surface area (Å²) in [5.41, 5.74) is 1.64. The highest BCUT2D eigenvalue weighted by atomic mass is 16.3. The lowest BCUT2D eigenvalue weighted by molar-refractivity contribution is 0.0822. The van der Waals surface area contributed by atoms with Gasteiger partial charge in [0.05, 0.1) is 11.1 Å². The molecule has 3 heteroatoms. The third-order valence-electron chi connectivity index (χ3n) is 4.17. The topological polar surface area (TPSA) is 42.2 Å². The molecule has 0 aliphatic heterocycles. The Balaban J connectivity index is 1.86. The number of furan rings is 1. The van der Waals surface area contributed by atoms with Gasteiger partial charge in [-0.15, -0.1) is 0 Å². The number of carbonyl (C=O) groups is 1. The predicted molar refractivity (Wildman–Crippen MR) is 77.6 cm³/mol. The van der Waals surface area contributed by atoms with E-state index in [0.717, 1.165) is 25.0 Å². The Morgan fingerprint density at radius 3 is 2.40 bits per heavy atom. The van der Waals surface area contributed by atoms with E-state index >= 15 is 0 Å². The van der Waals surface area contributed by atoms with E-state index in [9.17, 15) is 4.79 Å². The second kappa shape index (κ2) is 4.82. The highest BCUT2D eigenvalue weighted by Gasteiger charge is 2.40. The summed E-state index contributed by atoms with van der Waals surface area (Å²) < 4.78 is 5.45. The lowest BCUT2D eigenvalue weighted by Crippen LogP contribution is -2.50. The number of carbonyl (C=O) groups excluding carboxylic acids is 1. The summed E-state index contributed by atoms with van der Waals surface area (Å²) in [6.07, 6.45) is 3.15. The van der Waals surface area contributed by atoms with Crippen LogP contribution >= 0.6 is 0 Å². The van der Waals surface area contributed by atoms with Gasteiger partial charge in [-0.2, -0.15) is 0 Å². The molecule has 1 heterocycles. The number of aryl methyl sites for hydroxylation is 2. The number of amides is 1. The first-order valence-corrected chi connectivity index (χ1v) is 7.06. The standard InChI is InChI=1S/C17H19NO2/c1-12-11-15(13(2)20-12)16(19)18-17(9-6-10-17)14-7-4-3-5-8-14/h3-5,7-8,11H,6,9-10H2,1-2H3,(H,18,19). The molecule has 104 valence electrons. The zero-order valence-electron chi connectivity index (χ0n) is 11.9. The van der Waals surface area contributed by atoms with Crippen LogP contribution in [0.25, 0.3) is 0 Å². The molecule has 20 heavy (non-hydrogen) atoms. The van der Waals surface area contributed by atoms with Crippen molar-refractivity contribution in [1.82, 2.24) is 5.32 Å². The zero-order valence-corrected chi connectivity index (χ0v) is 11.9. The van der Waals surface area contributed by atoms with Gasteiger partial charge in [0.15, 0.2) is 0 Å². The maximum absolute atomic E-state index is 12.5. The van der Waals surface area contributed by atoms with Crippen LogP contribution in [-0.4, -0.2) is 5.91 Å². The first-order valence-electron chi connectivity index (χ1n) is 7.06. The van der Waals surface area contributed by atoms with Crippen molar-refractivity contribution >= 4 is 5.91 Å². The Morgan fingerprint density at radius 2 is 1.90 bits per heavy atom. The normalized spacial score (nSPS) is 16.5. The van der Waals surface area contributed by atoms with Crippen molar-refractivity contribution in [2.45, 2.75) is 38.6 Å². The molecule has 1 aliphatic rings. The van der Waals surface area contributed by atoms with E-state index in [1.807, 2.05) is 38.1 Å². The van der Waals surface area contributed by atoms with Crippen molar-refractivity contribution in [2.75, 3.05) is 0 Å². The van der Waals surface area contributed by atoms with Crippen molar-refractivity contribution in [3.63, 3.8) is 0 Å².